The highest BCUT2D eigenvalue weighted by Crippen LogP contribution is 2.39. The lowest BCUT2D eigenvalue weighted by Crippen LogP contribution is -2.69. The summed E-state index contributed by atoms with van der Waals surface area (Å²) in [6.45, 7) is 4.68. The third-order valence-corrected chi connectivity index (χ3v) is 11.5. The molecule has 0 saturated heterocycles. The molecule has 1 aliphatic carbocycles. The molecule has 0 saturated carbocycles. The Hall–Kier alpha value is -2.64. The van der Waals surface area contributed by atoms with Gasteiger partial charge in [0, 0.05) is 5.54 Å². The Morgan fingerprint density at radius 2 is 1.14 bits per heavy atom. The van der Waals surface area contributed by atoms with Crippen molar-refractivity contribution in [1.82, 2.24) is 0 Å². The normalized spacial score (nSPS) is 17.4. The van der Waals surface area contributed by atoms with Crippen LogP contribution >= 0.6 is 0 Å². The molecule has 0 nitrogen and oxygen atoms in total. The number of hydrogen-bond donors (Lipinski definition) is 0. The van der Waals surface area contributed by atoms with Crippen LogP contribution in [0.1, 0.15) is 20.3 Å². The van der Waals surface area contributed by atoms with Gasteiger partial charge in [-0.25, -0.2) is 0 Å². The second-order valence-electron chi connectivity index (χ2n) is 7.74. The van der Waals surface area contributed by atoms with E-state index in [0.717, 1.165) is 0 Å². The molecule has 0 aliphatic heterocycles. The van der Waals surface area contributed by atoms with Crippen LogP contribution in [0.5, 0.6) is 0 Å². The van der Waals surface area contributed by atoms with E-state index in [1.54, 1.807) is 5.57 Å². The molecule has 0 fully saturated rings. The molecule has 1 heteroatoms. The van der Waals surface area contributed by atoms with Crippen molar-refractivity contribution in [2.75, 3.05) is 0 Å². The third kappa shape index (κ3) is 3.10. The average Bonchev–Trinajstić information content (AvgIpc) is 3.26. The minimum Gasteiger partial charge on any atom is -0.0790 e. The monoisotopic (exact) mass is 380 g/mol. The van der Waals surface area contributed by atoms with E-state index in [9.17, 15) is 0 Å². The van der Waals surface area contributed by atoms with Crippen LogP contribution in [-0.4, -0.2) is 8.07 Å². The predicted octanol–water partition coefficient (Wildman–Crippen LogP) is 5.07. The Balaban J connectivity index is 2.05. The summed E-state index contributed by atoms with van der Waals surface area (Å²) >= 11 is 0. The quantitative estimate of drug-likeness (QED) is 0.414. The van der Waals surface area contributed by atoms with Crippen molar-refractivity contribution in [2.45, 2.75) is 25.8 Å². The topological polar surface area (TPSA) is 0 Å². The van der Waals surface area contributed by atoms with E-state index < -0.39 is 8.07 Å². The SMILES string of the molecule is CCC(C)C1=CC=CC1[Si](c1ccccc1)(c1ccccc1)c1ccccc1. The van der Waals surface area contributed by atoms with Gasteiger partial charge in [0.05, 0.1) is 0 Å². The first-order chi connectivity index (χ1) is 13.8. The molecular formula is C27H28Si. The van der Waals surface area contributed by atoms with E-state index in [0.29, 0.717) is 11.5 Å². The van der Waals surface area contributed by atoms with Crippen molar-refractivity contribution in [3.05, 3.63) is 115 Å². The van der Waals surface area contributed by atoms with Crippen molar-refractivity contribution < 1.29 is 0 Å². The Bertz CT molecular complexity index is 858. The number of rotatable bonds is 6. The Kier molecular flexibility index (Phi) is 5.45. The first-order valence-corrected chi connectivity index (χ1v) is 12.4. The Morgan fingerprint density at radius 1 is 0.714 bits per heavy atom. The van der Waals surface area contributed by atoms with Gasteiger partial charge in [0.15, 0.2) is 8.07 Å². The molecule has 0 radical (unpaired) electrons. The molecule has 0 spiro atoms. The van der Waals surface area contributed by atoms with Gasteiger partial charge in [0.1, 0.15) is 0 Å². The first kappa shape index (κ1) is 18.7. The van der Waals surface area contributed by atoms with Crippen molar-refractivity contribution in [2.24, 2.45) is 5.92 Å². The van der Waals surface area contributed by atoms with Crippen molar-refractivity contribution in [3.63, 3.8) is 0 Å². The van der Waals surface area contributed by atoms with Gasteiger partial charge in [-0.15, -0.1) is 0 Å². The van der Waals surface area contributed by atoms with Crippen LogP contribution in [0, 0.1) is 5.92 Å². The van der Waals surface area contributed by atoms with Crippen LogP contribution in [0.4, 0.5) is 0 Å². The zero-order valence-electron chi connectivity index (χ0n) is 16.8. The zero-order valence-corrected chi connectivity index (χ0v) is 17.8. The maximum atomic E-state index is 2.47. The number of benzene rings is 3. The largest absolute Gasteiger partial charge is 0.158 e. The van der Waals surface area contributed by atoms with Crippen LogP contribution < -0.4 is 15.6 Å². The summed E-state index contributed by atoms with van der Waals surface area (Å²) in [5, 5.41) is 4.45. The molecule has 140 valence electrons. The fourth-order valence-electron chi connectivity index (χ4n) is 4.74. The summed E-state index contributed by atoms with van der Waals surface area (Å²) in [7, 11) is -2.29. The molecule has 0 N–H and O–H groups in total. The van der Waals surface area contributed by atoms with Crippen molar-refractivity contribution in [1.29, 1.82) is 0 Å². The lowest BCUT2D eigenvalue weighted by Gasteiger charge is -2.41. The number of allylic oxidation sites excluding steroid dienone is 4. The zero-order chi connectivity index (χ0) is 19.4. The standard InChI is InChI=1S/C27H28Si/c1-3-22(2)26-20-13-21-27(26)28(23-14-7-4-8-15-23,24-16-9-5-10-17-24)25-18-11-6-12-19-25/h4-22,27H,3H2,1-2H3. The molecule has 2 atom stereocenters. The van der Waals surface area contributed by atoms with E-state index in [4.69, 9.17) is 0 Å². The fourth-order valence-corrected chi connectivity index (χ4v) is 10.2. The van der Waals surface area contributed by atoms with Crippen LogP contribution in [-0.2, 0) is 0 Å². The van der Waals surface area contributed by atoms with Crippen molar-refractivity contribution >= 4 is 23.6 Å². The summed E-state index contributed by atoms with van der Waals surface area (Å²) in [6.07, 6.45) is 8.33. The van der Waals surface area contributed by atoms with E-state index in [2.05, 4.69) is 123 Å². The van der Waals surface area contributed by atoms with Crippen molar-refractivity contribution in [3.8, 4) is 0 Å². The average molecular weight is 381 g/mol. The van der Waals surface area contributed by atoms with E-state index in [1.807, 2.05) is 0 Å². The van der Waals surface area contributed by atoms with Gasteiger partial charge in [-0.05, 0) is 27.9 Å². The molecule has 2 unspecified atom stereocenters. The predicted molar refractivity (Wildman–Crippen MR) is 124 cm³/mol. The van der Waals surface area contributed by atoms with Gasteiger partial charge < -0.3 is 0 Å². The third-order valence-electron chi connectivity index (χ3n) is 6.29. The Morgan fingerprint density at radius 3 is 1.54 bits per heavy atom. The van der Waals surface area contributed by atoms with Gasteiger partial charge in [0.2, 0.25) is 0 Å². The summed E-state index contributed by atoms with van der Waals surface area (Å²) in [4.78, 5) is 0. The summed E-state index contributed by atoms with van der Waals surface area (Å²) < 4.78 is 0. The van der Waals surface area contributed by atoms with Crippen LogP contribution in [0.15, 0.2) is 115 Å². The fraction of sp³-hybridized carbons (Fsp3) is 0.185. The summed E-state index contributed by atoms with van der Waals surface area (Å²) in [5.41, 5.74) is 2.03. The molecule has 4 rings (SSSR count). The van der Waals surface area contributed by atoms with Crippen LogP contribution in [0.2, 0.25) is 5.54 Å². The minimum atomic E-state index is -2.29. The van der Waals surface area contributed by atoms with E-state index in [-0.39, 0.29) is 0 Å². The summed E-state index contributed by atoms with van der Waals surface area (Å²) in [6, 6.07) is 33.7. The van der Waals surface area contributed by atoms with Gasteiger partial charge in [-0.2, -0.15) is 0 Å². The molecule has 28 heavy (non-hydrogen) atoms. The highest BCUT2D eigenvalue weighted by atomic mass is 28.3. The maximum absolute atomic E-state index is 2.47. The second-order valence-corrected chi connectivity index (χ2v) is 11.7. The van der Waals surface area contributed by atoms with Gasteiger partial charge >= 0.3 is 0 Å². The maximum Gasteiger partial charge on any atom is 0.158 e. The highest BCUT2D eigenvalue weighted by molar-refractivity contribution is 7.13. The molecule has 0 heterocycles. The molecule has 1 aliphatic rings. The second kappa shape index (κ2) is 8.16. The minimum absolute atomic E-state index is 0.439. The molecular weight excluding hydrogens is 352 g/mol. The first-order valence-electron chi connectivity index (χ1n) is 10.3. The molecule has 3 aromatic rings. The van der Waals surface area contributed by atoms with Crippen LogP contribution in [0.3, 0.4) is 0 Å². The number of hydrogen-bond acceptors (Lipinski definition) is 0. The molecule has 3 aromatic carbocycles. The van der Waals surface area contributed by atoms with Gasteiger partial charge in [-0.1, -0.05) is 129 Å². The molecule has 0 aromatic heterocycles. The van der Waals surface area contributed by atoms with Gasteiger partial charge in [-0.3, -0.25) is 0 Å². The highest BCUT2D eigenvalue weighted by Gasteiger charge is 2.47. The Labute approximate surface area is 170 Å². The van der Waals surface area contributed by atoms with Crippen LogP contribution in [0.25, 0.3) is 0 Å². The lowest BCUT2D eigenvalue weighted by molar-refractivity contribution is 0.643. The smallest absolute Gasteiger partial charge is 0.0790 e. The van der Waals surface area contributed by atoms with Gasteiger partial charge in [0.25, 0.3) is 0 Å². The van der Waals surface area contributed by atoms with E-state index >= 15 is 0 Å². The lowest BCUT2D eigenvalue weighted by atomic mass is 9.97. The molecule has 0 bridgehead atoms. The molecule has 0 amide bonds. The van der Waals surface area contributed by atoms with E-state index in [1.165, 1.54) is 22.0 Å². The summed E-state index contributed by atoms with van der Waals surface area (Å²) in [5.74, 6) is 0.586.